The zero-order chi connectivity index (χ0) is 25.1. The van der Waals surface area contributed by atoms with E-state index < -0.39 is 18.0 Å². The number of benzene rings is 3. The molecular weight excluding hydrogens is 452 g/mol. The maximum Gasteiger partial charge on any atom is 0.411 e. The number of ether oxygens (including phenoxy) is 1. The van der Waals surface area contributed by atoms with Crippen molar-refractivity contribution < 1.29 is 28.8 Å². The molecule has 0 saturated carbocycles. The van der Waals surface area contributed by atoms with E-state index in [9.17, 15) is 19.5 Å². The Kier molecular flexibility index (Phi) is 6.16. The van der Waals surface area contributed by atoms with Crippen LogP contribution >= 0.6 is 0 Å². The molecule has 0 aliphatic rings. The molecule has 0 saturated heterocycles. The lowest BCUT2D eigenvalue weighted by Gasteiger charge is -2.13. The van der Waals surface area contributed by atoms with Gasteiger partial charge in [0.1, 0.15) is 0 Å². The summed E-state index contributed by atoms with van der Waals surface area (Å²) < 4.78 is 10.1. The van der Waals surface area contributed by atoms with E-state index in [1.54, 1.807) is 6.07 Å². The summed E-state index contributed by atoms with van der Waals surface area (Å²) in [6, 6.07) is 16.4. The van der Waals surface area contributed by atoms with Crippen molar-refractivity contribution in [3.8, 4) is 17.2 Å². The second-order valence-corrected chi connectivity index (χ2v) is 7.49. The van der Waals surface area contributed by atoms with Gasteiger partial charge in [-0.2, -0.15) is 5.26 Å². The number of methoxy groups -OCH3 is 1. The molecule has 0 fully saturated rings. The fourth-order valence-corrected chi connectivity index (χ4v) is 3.59. The monoisotopic (exact) mass is 470 g/mol. The number of hydrogen-bond donors (Lipinski definition) is 3. The first-order valence-electron chi connectivity index (χ1n) is 10.3. The molecule has 0 bridgehead atoms. The highest BCUT2D eigenvalue weighted by molar-refractivity contribution is 6.14. The third kappa shape index (κ3) is 4.51. The molecule has 4 aromatic rings. The molecule has 1 heterocycles. The van der Waals surface area contributed by atoms with Crippen LogP contribution in [0, 0.1) is 18.3 Å². The smallest absolute Gasteiger partial charge is 0.411 e. The van der Waals surface area contributed by atoms with Gasteiger partial charge < -0.3 is 19.7 Å². The van der Waals surface area contributed by atoms with Gasteiger partial charge in [-0.1, -0.05) is 29.4 Å². The average Bonchev–Trinajstić information content (AvgIpc) is 3.26. The molecule has 35 heavy (non-hydrogen) atoms. The van der Waals surface area contributed by atoms with Crippen molar-refractivity contribution in [1.82, 2.24) is 5.16 Å². The highest BCUT2D eigenvalue weighted by Crippen LogP contribution is 2.36. The van der Waals surface area contributed by atoms with Crippen LogP contribution in [0.15, 0.2) is 59.1 Å². The van der Waals surface area contributed by atoms with Gasteiger partial charge in [0.2, 0.25) is 0 Å². The first-order chi connectivity index (χ1) is 16.8. The highest BCUT2D eigenvalue weighted by atomic mass is 16.5. The molecule has 4 rings (SSSR count). The van der Waals surface area contributed by atoms with E-state index in [0.29, 0.717) is 16.6 Å². The number of carboxylic acids is 1. The van der Waals surface area contributed by atoms with Crippen LogP contribution in [0.3, 0.4) is 0 Å². The number of nitrogens with zero attached hydrogens (tertiary/aromatic N) is 2. The van der Waals surface area contributed by atoms with Crippen molar-refractivity contribution in [2.75, 3.05) is 17.7 Å². The third-order valence-corrected chi connectivity index (χ3v) is 5.31. The first kappa shape index (κ1) is 23.0. The number of aryl methyl sites for hydroxylation is 1. The molecule has 1 aromatic heterocycles. The van der Waals surface area contributed by atoms with Crippen LogP contribution in [0.1, 0.15) is 32.0 Å². The molecule has 174 valence electrons. The minimum atomic E-state index is -1.30. The van der Waals surface area contributed by atoms with E-state index in [-0.39, 0.29) is 28.1 Å². The highest BCUT2D eigenvalue weighted by Gasteiger charge is 2.22. The Labute approximate surface area is 198 Å². The summed E-state index contributed by atoms with van der Waals surface area (Å²) in [5.41, 5.74) is 2.75. The molecule has 3 N–H and O–H groups in total. The number of aromatic nitrogens is 1. The molecule has 3 aromatic carbocycles. The molecule has 0 radical (unpaired) electrons. The van der Waals surface area contributed by atoms with E-state index in [1.807, 2.05) is 37.3 Å². The fourth-order valence-electron chi connectivity index (χ4n) is 3.59. The van der Waals surface area contributed by atoms with Crippen LogP contribution < -0.4 is 10.6 Å². The molecule has 0 aliphatic carbocycles. The summed E-state index contributed by atoms with van der Waals surface area (Å²) in [5, 5.41) is 27.9. The van der Waals surface area contributed by atoms with Crippen molar-refractivity contribution in [1.29, 1.82) is 5.26 Å². The maximum atomic E-state index is 13.1. The van der Waals surface area contributed by atoms with E-state index in [2.05, 4.69) is 15.8 Å². The van der Waals surface area contributed by atoms with Crippen LogP contribution in [0.25, 0.3) is 22.1 Å². The van der Waals surface area contributed by atoms with Gasteiger partial charge in [-0.25, -0.2) is 9.59 Å². The Balaban J connectivity index is 1.80. The van der Waals surface area contributed by atoms with Crippen molar-refractivity contribution >= 4 is 40.3 Å². The maximum absolute atomic E-state index is 13.1. The topological polar surface area (TPSA) is 155 Å². The number of carbonyl (C=O) groups is 3. The van der Waals surface area contributed by atoms with Crippen molar-refractivity contribution in [3.63, 3.8) is 0 Å². The van der Waals surface area contributed by atoms with Crippen LogP contribution in [0.5, 0.6) is 0 Å². The molecule has 2 amide bonds. The van der Waals surface area contributed by atoms with E-state index in [0.717, 1.165) is 11.1 Å². The number of anilines is 2. The number of fused-ring (bicyclic) bond motifs is 1. The van der Waals surface area contributed by atoms with E-state index >= 15 is 0 Å². The molecular formula is C25H18N4O6. The second kappa shape index (κ2) is 9.36. The first-order valence-corrected chi connectivity index (χ1v) is 10.3. The lowest BCUT2D eigenvalue weighted by molar-refractivity contribution is 0.0698. The van der Waals surface area contributed by atoms with Crippen molar-refractivity contribution in [2.24, 2.45) is 0 Å². The Hall–Kier alpha value is -5.17. The number of hydrogen-bond acceptors (Lipinski definition) is 7. The Morgan fingerprint density at radius 1 is 1.03 bits per heavy atom. The average molecular weight is 470 g/mol. The lowest BCUT2D eigenvalue weighted by atomic mass is 9.97. The molecule has 0 unspecified atom stereocenters. The van der Waals surface area contributed by atoms with Gasteiger partial charge in [0, 0.05) is 11.6 Å². The van der Waals surface area contributed by atoms with Crippen molar-refractivity contribution in [3.05, 3.63) is 77.0 Å². The number of carboxylic acid groups (broad SMARTS) is 1. The van der Waals surface area contributed by atoms with Gasteiger partial charge in [0.15, 0.2) is 11.3 Å². The second-order valence-electron chi connectivity index (χ2n) is 7.49. The Bertz CT molecular complexity index is 1530. The van der Waals surface area contributed by atoms with Crippen LogP contribution in [-0.4, -0.2) is 35.3 Å². The van der Waals surface area contributed by atoms with Gasteiger partial charge >= 0.3 is 12.1 Å². The summed E-state index contributed by atoms with van der Waals surface area (Å²) in [4.78, 5) is 36.6. The van der Waals surface area contributed by atoms with Gasteiger partial charge in [-0.15, -0.1) is 0 Å². The molecule has 0 atom stereocenters. The summed E-state index contributed by atoms with van der Waals surface area (Å²) in [6.45, 7) is 1.90. The normalized spacial score (nSPS) is 10.4. The Morgan fingerprint density at radius 3 is 2.49 bits per heavy atom. The predicted octanol–water partition coefficient (Wildman–Crippen LogP) is 4.80. The number of rotatable bonds is 5. The van der Waals surface area contributed by atoms with Gasteiger partial charge in [-0.05, 0) is 42.3 Å². The zero-order valence-corrected chi connectivity index (χ0v) is 18.6. The van der Waals surface area contributed by atoms with Crippen LogP contribution in [0.4, 0.5) is 16.2 Å². The molecule has 10 heteroatoms. The minimum absolute atomic E-state index is 0.000699. The number of aromatic carboxylic acids is 1. The lowest BCUT2D eigenvalue weighted by Crippen LogP contribution is -2.15. The molecule has 0 spiro atoms. The Morgan fingerprint density at radius 2 is 1.80 bits per heavy atom. The number of nitrogens with one attached hydrogen (secondary N) is 2. The van der Waals surface area contributed by atoms with Crippen LogP contribution in [-0.2, 0) is 4.74 Å². The SMILES string of the molecule is COC(=O)Nc1cc2onc(C(=O)Nc3ccc(C#N)cc3C(=O)O)c2cc1-c1ccccc1C. The van der Waals surface area contributed by atoms with Gasteiger partial charge in [0.25, 0.3) is 5.91 Å². The van der Waals surface area contributed by atoms with E-state index in [1.165, 1.54) is 31.4 Å². The van der Waals surface area contributed by atoms with Gasteiger partial charge in [0.05, 0.1) is 41.1 Å². The quantitative estimate of drug-likeness (QED) is 0.376. The summed E-state index contributed by atoms with van der Waals surface area (Å²) >= 11 is 0. The molecule has 10 nitrogen and oxygen atoms in total. The zero-order valence-electron chi connectivity index (χ0n) is 18.6. The van der Waals surface area contributed by atoms with E-state index in [4.69, 9.17) is 14.5 Å². The van der Waals surface area contributed by atoms with Crippen LogP contribution in [0.2, 0.25) is 0 Å². The minimum Gasteiger partial charge on any atom is -0.478 e. The van der Waals surface area contributed by atoms with Gasteiger partial charge in [-0.3, -0.25) is 10.1 Å². The third-order valence-electron chi connectivity index (χ3n) is 5.31. The fraction of sp³-hybridized carbons (Fsp3) is 0.0800. The molecule has 0 aliphatic heterocycles. The summed E-state index contributed by atoms with van der Waals surface area (Å²) in [5.74, 6) is -2.01. The standard InChI is InChI=1S/C25H18N4O6/c1-13-5-3-4-6-15(13)16-10-18-21(11-20(16)28-25(33)34-2)35-29-22(18)23(30)27-19-8-7-14(12-26)9-17(19)24(31)32/h3-11H,1-2H3,(H,27,30)(H,28,33)(H,31,32). The summed E-state index contributed by atoms with van der Waals surface area (Å²) in [7, 11) is 1.24. The van der Waals surface area contributed by atoms with Crippen molar-refractivity contribution in [2.45, 2.75) is 6.92 Å². The summed E-state index contributed by atoms with van der Waals surface area (Å²) in [6.07, 6.45) is -0.682. The number of nitriles is 1. The largest absolute Gasteiger partial charge is 0.478 e. The number of amides is 2. The number of carbonyl (C=O) groups excluding carboxylic acids is 2. The predicted molar refractivity (Wildman–Crippen MR) is 126 cm³/mol.